The molecule has 0 amide bonds. The van der Waals surface area contributed by atoms with Gasteiger partial charge in [-0.2, -0.15) is 0 Å². The van der Waals surface area contributed by atoms with Crippen LogP contribution in [0.4, 0.5) is 0 Å². The van der Waals surface area contributed by atoms with Gasteiger partial charge in [-0.05, 0) is 32.9 Å². The molecular weight excluding hydrogens is 397 g/mol. The molecule has 1 aliphatic rings. The Hall–Kier alpha value is 1.07. The van der Waals surface area contributed by atoms with Crippen molar-refractivity contribution in [2.75, 3.05) is 27.3 Å². The average Bonchev–Trinajstić information content (AvgIpc) is 2.65. The van der Waals surface area contributed by atoms with Crippen molar-refractivity contribution in [3.63, 3.8) is 0 Å². The first kappa shape index (κ1) is 27.9. The summed E-state index contributed by atoms with van der Waals surface area (Å²) >= 11 is 0. The van der Waals surface area contributed by atoms with Gasteiger partial charge in [-0.1, -0.05) is 54.4 Å². The second-order valence-corrected chi connectivity index (χ2v) is 8.21. The Morgan fingerprint density at radius 3 is 1.50 bits per heavy atom. The van der Waals surface area contributed by atoms with Gasteiger partial charge in [0.2, 0.25) is 0 Å². The number of hydrogen-bond donors (Lipinski definition) is 0. The van der Waals surface area contributed by atoms with Crippen molar-refractivity contribution >= 4 is 0 Å². The smallest absolute Gasteiger partial charge is 0.000356 e. The molecular formula is C18H40LaN3-3. The summed E-state index contributed by atoms with van der Waals surface area (Å²) in [6.07, 6.45) is 5.88. The summed E-state index contributed by atoms with van der Waals surface area (Å²) in [7, 11) is 4.33. The molecule has 0 aromatic rings. The van der Waals surface area contributed by atoms with Crippen molar-refractivity contribution < 1.29 is 35.6 Å². The van der Waals surface area contributed by atoms with E-state index >= 15 is 0 Å². The Labute approximate surface area is 169 Å². The predicted octanol–water partition coefficient (Wildman–Crippen LogP) is 5.48. The van der Waals surface area contributed by atoms with E-state index in [1.807, 2.05) is 0 Å². The maximum Gasteiger partial charge on any atom is 0.000356 e. The van der Waals surface area contributed by atoms with E-state index in [9.17, 15) is 0 Å². The van der Waals surface area contributed by atoms with E-state index in [1.165, 1.54) is 32.2 Å². The van der Waals surface area contributed by atoms with Crippen LogP contribution >= 0.6 is 0 Å². The Balaban J connectivity index is -0.000000304. The first-order valence-corrected chi connectivity index (χ1v) is 8.02. The van der Waals surface area contributed by atoms with Gasteiger partial charge in [0.15, 0.2) is 0 Å². The van der Waals surface area contributed by atoms with Crippen molar-refractivity contribution in [2.24, 2.45) is 5.92 Å². The summed E-state index contributed by atoms with van der Waals surface area (Å²) in [4.78, 5) is 2.30. The van der Waals surface area contributed by atoms with Crippen LogP contribution in [0, 0.1) is 48.9 Å². The molecule has 0 aromatic heterocycles. The molecule has 133 valence electrons. The predicted molar refractivity (Wildman–Crippen MR) is 98.0 cm³/mol. The average molecular weight is 437 g/mol. The topological polar surface area (TPSA) is 31.4 Å². The van der Waals surface area contributed by atoms with E-state index in [0.717, 1.165) is 5.92 Å². The van der Waals surface area contributed by atoms with Crippen molar-refractivity contribution in [3.8, 4) is 0 Å². The molecule has 0 bridgehead atoms. The van der Waals surface area contributed by atoms with E-state index in [0.29, 0.717) is 6.67 Å². The van der Waals surface area contributed by atoms with Gasteiger partial charge in [0, 0.05) is 42.1 Å². The Morgan fingerprint density at radius 2 is 1.23 bits per heavy atom. The van der Waals surface area contributed by atoms with Crippen LogP contribution in [0.25, 0.3) is 10.6 Å². The maximum atomic E-state index is 4.38. The van der Waals surface area contributed by atoms with Gasteiger partial charge in [0.1, 0.15) is 0 Å². The minimum atomic E-state index is 0. The fourth-order valence-electron chi connectivity index (χ4n) is 2.17. The molecule has 22 heavy (non-hydrogen) atoms. The van der Waals surface area contributed by atoms with Gasteiger partial charge in [0.05, 0.1) is 0 Å². The van der Waals surface area contributed by atoms with E-state index in [-0.39, 0.29) is 54.1 Å². The summed E-state index contributed by atoms with van der Waals surface area (Å²) in [5, 5.41) is 8.75. The fourth-order valence-corrected chi connectivity index (χ4v) is 2.17. The molecule has 0 heterocycles. The molecule has 1 rings (SSSR count). The number of hydrogen-bond acceptors (Lipinski definition) is 1. The molecule has 0 spiro atoms. The van der Waals surface area contributed by atoms with Crippen LogP contribution in [-0.2, 0) is 0 Å². The zero-order valence-electron chi connectivity index (χ0n) is 16.7. The largest absolute Gasteiger partial charge is 0.676 e. The van der Waals surface area contributed by atoms with Crippen LogP contribution in [0.2, 0.25) is 0 Å². The zero-order chi connectivity index (χ0) is 15.8. The van der Waals surface area contributed by atoms with Crippen LogP contribution in [0.5, 0.6) is 0 Å². The molecule has 1 radical (unpaired) electrons. The minimum Gasteiger partial charge on any atom is -0.676 e. The summed E-state index contributed by atoms with van der Waals surface area (Å²) in [5.74, 6) is 1.01. The standard InChI is InChI=1S/C9H20N2.C8H17N.CH3.La/c1-8(2,3)10-7-11-9(4,5)6;1-9(2)7-8-5-3-4-6-8;;/h7H2,1-6H3;8H,3-7H2,1-2H3;1H3;/q-2;;-1;. The van der Waals surface area contributed by atoms with Crippen LogP contribution in [0.3, 0.4) is 0 Å². The second-order valence-electron chi connectivity index (χ2n) is 8.21. The van der Waals surface area contributed by atoms with Crippen LogP contribution in [-0.4, -0.2) is 43.3 Å². The van der Waals surface area contributed by atoms with Crippen LogP contribution in [0.15, 0.2) is 0 Å². The van der Waals surface area contributed by atoms with Crippen LogP contribution in [0.1, 0.15) is 67.2 Å². The van der Waals surface area contributed by atoms with Gasteiger partial charge in [-0.15, -0.1) is 11.1 Å². The van der Waals surface area contributed by atoms with Crippen molar-refractivity contribution in [1.29, 1.82) is 0 Å². The Kier molecular flexibility index (Phi) is 17.0. The van der Waals surface area contributed by atoms with Gasteiger partial charge < -0.3 is 23.0 Å². The maximum absolute atomic E-state index is 4.38. The molecule has 0 atom stereocenters. The quantitative estimate of drug-likeness (QED) is 0.536. The fraction of sp³-hybridized carbons (Fsp3) is 0.944. The normalized spacial score (nSPS) is 15.7. The van der Waals surface area contributed by atoms with Gasteiger partial charge in [-0.3, -0.25) is 6.67 Å². The van der Waals surface area contributed by atoms with Gasteiger partial charge >= 0.3 is 0 Å². The monoisotopic (exact) mass is 437 g/mol. The summed E-state index contributed by atoms with van der Waals surface area (Å²) in [6, 6.07) is 0. The minimum absolute atomic E-state index is 0. The molecule has 0 N–H and O–H groups in total. The molecule has 0 unspecified atom stereocenters. The molecule has 1 fully saturated rings. The van der Waals surface area contributed by atoms with Crippen molar-refractivity contribution in [3.05, 3.63) is 18.1 Å². The molecule has 1 aliphatic carbocycles. The molecule has 0 aliphatic heterocycles. The molecule has 0 saturated heterocycles. The van der Waals surface area contributed by atoms with E-state index < -0.39 is 0 Å². The molecule has 4 heteroatoms. The number of nitrogens with zero attached hydrogens (tertiary/aromatic N) is 3. The number of rotatable bonds is 4. The zero-order valence-corrected chi connectivity index (χ0v) is 20.4. The third kappa shape index (κ3) is 21.1. The Morgan fingerprint density at radius 1 is 0.864 bits per heavy atom. The third-order valence-corrected chi connectivity index (χ3v) is 3.19. The van der Waals surface area contributed by atoms with Crippen molar-refractivity contribution in [1.82, 2.24) is 4.90 Å². The van der Waals surface area contributed by atoms with E-state index in [2.05, 4.69) is 71.2 Å². The molecule has 0 aromatic carbocycles. The van der Waals surface area contributed by atoms with Gasteiger partial charge in [0.25, 0.3) is 0 Å². The molecule has 1 saturated carbocycles. The molecule has 3 nitrogen and oxygen atoms in total. The first-order chi connectivity index (χ1) is 8.99. The summed E-state index contributed by atoms with van der Waals surface area (Å²) in [6.45, 7) is 14.5. The van der Waals surface area contributed by atoms with Crippen molar-refractivity contribution in [2.45, 2.75) is 78.3 Å². The van der Waals surface area contributed by atoms with E-state index in [1.54, 1.807) is 0 Å². The first-order valence-electron chi connectivity index (χ1n) is 8.02. The Bertz CT molecular complexity index is 222. The van der Waals surface area contributed by atoms with E-state index in [4.69, 9.17) is 0 Å². The van der Waals surface area contributed by atoms with Crippen LogP contribution < -0.4 is 0 Å². The summed E-state index contributed by atoms with van der Waals surface area (Å²) < 4.78 is 0. The SMILES string of the molecule is CC(C)(C)[N-]C[N-]C(C)(C)C.CN(C)CC1CCCC1.[CH3-].[La]. The van der Waals surface area contributed by atoms with Gasteiger partial charge in [-0.25, -0.2) is 0 Å². The third-order valence-electron chi connectivity index (χ3n) is 3.19. The summed E-state index contributed by atoms with van der Waals surface area (Å²) in [5.41, 5.74) is 0.101. The second kappa shape index (κ2) is 13.4.